The molecule has 2 aromatic rings. The van der Waals surface area contributed by atoms with Crippen LogP contribution in [0.15, 0.2) is 28.7 Å². The van der Waals surface area contributed by atoms with Crippen LogP contribution in [-0.4, -0.2) is 4.92 Å². The molecule has 0 aliphatic heterocycles. The standard InChI is InChI=1S/C14H12BrClN2O2S/c15-8-4-5-11(12(6-8)18(19)20)17-10-2-1-3-13-9(10)7-14(16)21-13/h4-7,10,17H,1-3H2. The third kappa shape index (κ3) is 3.07. The van der Waals surface area contributed by atoms with Crippen molar-refractivity contribution in [3.63, 3.8) is 0 Å². The highest BCUT2D eigenvalue weighted by molar-refractivity contribution is 9.10. The van der Waals surface area contributed by atoms with Crippen LogP contribution >= 0.6 is 38.9 Å². The molecule has 7 heteroatoms. The molecule has 0 saturated carbocycles. The monoisotopic (exact) mass is 386 g/mol. The van der Waals surface area contributed by atoms with Crippen LogP contribution in [0.25, 0.3) is 0 Å². The summed E-state index contributed by atoms with van der Waals surface area (Å²) in [5.41, 5.74) is 1.80. The third-order valence-electron chi connectivity index (χ3n) is 3.57. The Bertz CT molecular complexity index is 704. The van der Waals surface area contributed by atoms with Gasteiger partial charge in [-0.2, -0.15) is 0 Å². The van der Waals surface area contributed by atoms with E-state index in [1.807, 2.05) is 6.07 Å². The van der Waals surface area contributed by atoms with E-state index in [9.17, 15) is 10.1 Å². The molecule has 3 rings (SSSR count). The maximum absolute atomic E-state index is 11.2. The molecule has 1 heterocycles. The van der Waals surface area contributed by atoms with Crippen molar-refractivity contribution in [2.45, 2.75) is 25.3 Å². The zero-order valence-corrected chi connectivity index (χ0v) is 14.1. The van der Waals surface area contributed by atoms with Gasteiger partial charge in [0.1, 0.15) is 5.69 Å². The Hall–Kier alpha value is -1.11. The summed E-state index contributed by atoms with van der Waals surface area (Å²) in [6.07, 6.45) is 3.05. The largest absolute Gasteiger partial charge is 0.373 e. The van der Waals surface area contributed by atoms with Crippen molar-refractivity contribution < 1.29 is 4.92 Å². The van der Waals surface area contributed by atoms with Crippen LogP contribution in [0.5, 0.6) is 0 Å². The molecule has 0 fully saturated rings. The van der Waals surface area contributed by atoms with E-state index >= 15 is 0 Å². The Kier molecular flexibility index (Phi) is 4.19. The van der Waals surface area contributed by atoms with Gasteiger partial charge < -0.3 is 5.32 Å². The number of halogens is 2. The summed E-state index contributed by atoms with van der Waals surface area (Å²) in [5.74, 6) is 0. The average Bonchev–Trinajstić information content (AvgIpc) is 2.82. The number of nitro groups is 1. The highest BCUT2D eigenvalue weighted by Crippen LogP contribution is 2.40. The van der Waals surface area contributed by atoms with Gasteiger partial charge in [-0.15, -0.1) is 11.3 Å². The fourth-order valence-corrected chi connectivity index (χ4v) is 4.37. The lowest BCUT2D eigenvalue weighted by Gasteiger charge is -2.24. The number of nitrogens with zero attached hydrogens (tertiary/aromatic N) is 1. The molecule has 1 N–H and O–H groups in total. The maximum Gasteiger partial charge on any atom is 0.293 e. The second kappa shape index (κ2) is 5.94. The summed E-state index contributed by atoms with van der Waals surface area (Å²) >= 11 is 11.0. The SMILES string of the molecule is O=[N+]([O-])c1cc(Br)ccc1NC1CCCc2sc(Cl)cc21. The van der Waals surface area contributed by atoms with Crippen molar-refractivity contribution in [2.24, 2.45) is 0 Å². The van der Waals surface area contributed by atoms with Crippen LogP contribution in [0.4, 0.5) is 11.4 Å². The molecule has 0 spiro atoms. The minimum Gasteiger partial charge on any atom is -0.373 e. The molecule has 1 aliphatic carbocycles. The number of hydrogen-bond donors (Lipinski definition) is 1. The zero-order chi connectivity index (χ0) is 15.0. The van der Waals surface area contributed by atoms with Crippen LogP contribution in [0.1, 0.15) is 29.3 Å². The molecule has 110 valence electrons. The lowest BCUT2D eigenvalue weighted by atomic mass is 9.94. The topological polar surface area (TPSA) is 55.2 Å². The number of thiophene rings is 1. The molecule has 1 unspecified atom stereocenters. The lowest BCUT2D eigenvalue weighted by Crippen LogP contribution is -2.16. The van der Waals surface area contributed by atoms with Crippen molar-refractivity contribution in [2.75, 3.05) is 5.32 Å². The van der Waals surface area contributed by atoms with Gasteiger partial charge in [0.25, 0.3) is 5.69 Å². The number of hydrogen-bond acceptors (Lipinski definition) is 4. The molecule has 0 saturated heterocycles. The second-order valence-electron chi connectivity index (χ2n) is 4.94. The van der Waals surface area contributed by atoms with Gasteiger partial charge in [0.2, 0.25) is 0 Å². The van der Waals surface area contributed by atoms with Gasteiger partial charge in [-0.25, -0.2) is 0 Å². The molecule has 4 nitrogen and oxygen atoms in total. The first-order valence-corrected chi connectivity index (χ1v) is 8.52. The Morgan fingerprint density at radius 2 is 2.24 bits per heavy atom. The van der Waals surface area contributed by atoms with E-state index in [2.05, 4.69) is 21.2 Å². The Balaban J connectivity index is 1.93. The third-order valence-corrected chi connectivity index (χ3v) is 5.40. The van der Waals surface area contributed by atoms with Crippen LogP contribution < -0.4 is 5.32 Å². The maximum atomic E-state index is 11.2. The van der Waals surface area contributed by atoms with Crippen molar-refractivity contribution in [1.29, 1.82) is 0 Å². The zero-order valence-electron chi connectivity index (χ0n) is 10.9. The van der Waals surface area contributed by atoms with Crippen LogP contribution in [-0.2, 0) is 6.42 Å². The molecule has 1 aliphatic rings. The molecule has 1 aromatic carbocycles. The van der Waals surface area contributed by atoms with E-state index in [0.29, 0.717) is 10.2 Å². The van der Waals surface area contributed by atoms with E-state index in [-0.39, 0.29) is 16.7 Å². The van der Waals surface area contributed by atoms with Crippen molar-refractivity contribution in [1.82, 2.24) is 0 Å². The normalized spacial score (nSPS) is 17.3. The number of aryl methyl sites for hydroxylation is 1. The molecule has 0 bridgehead atoms. The number of anilines is 1. The molecular weight excluding hydrogens is 376 g/mol. The van der Waals surface area contributed by atoms with Crippen molar-refractivity contribution in [3.05, 3.63) is 53.6 Å². The van der Waals surface area contributed by atoms with E-state index in [4.69, 9.17) is 11.6 Å². The Labute approximate surface area is 139 Å². The van der Waals surface area contributed by atoms with Gasteiger partial charge in [-0.3, -0.25) is 10.1 Å². The Morgan fingerprint density at radius 3 is 3.00 bits per heavy atom. The quantitative estimate of drug-likeness (QED) is 0.554. The second-order valence-corrected chi connectivity index (χ2v) is 7.62. The molecule has 0 amide bonds. The van der Waals surface area contributed by atoms with E-state index < -0.39 is 0 Å². The highest BCUT2D eigenvalue weighted by Gasteiger charge is 2.25. The number of nitrogens with one attached hydrogen (secondary N) is 1. The fourth-order valence-electron chi connectivity index (χ4n) is 2.64. The first-order valence-electron chi connectivity index (χ1n) is 6.53. The summed E-state index contributed by atoms with van der Waals surface area (Å²) < 4.78 is 1.47. The van der Waals surface area contributed by atoms with E-state index in [0.717, 1.165) is 23.6 Å². The highest BCUT2D eigenvalue weighted by atomic mass is 79.9. The molecule has 1 atom stereocenters. The number of rotatable bonds is 3. The van der Waals surface area contributed by atoms with E-state index in [1.54, 1.807) is 23.5 Å². The number of nitro benzene ring substituents is 1. The number of benzene rings is 1. The molecular formula is C14H12BrClN2O2S. The fraction of sp³-hybridized carbons (Fsp3) is 0.286. The predicted octanol–water partition coefficient (Wildman–Crippen LogP) is 5.56. The van der Waals surface area contributed by atoms with Gasteiger partial charge >= 0.3 is 0 Å². The number of fused-ring (bicyclic) bond motifs is 1. The van der Waals surface area contributed by atoms with Gasteiger partial charge in [0, 0.05) is 15.4 Å². The summed E-state index contributed by atoms with van der Waals surface area (Å²) in [5, 5.41) is 14.5. The summed E-state index contributed by atoms with van der Waals surface area (Å²) in [6.45, 7) is 0. The van der Waals surface area contributed by atoms with E-state index in [1.165, 1.54) is 16.5 Å². The van der Waals surface area contributed by atoms with Gasteiger partial charge in [0.15, 0.2) is 0 Å². The van der Waals surface area contributed by atoms with Crippen LogP contribution in [0, 0.1) is 10.1 Å². The van der Waals surface area contributed by atoms with Crippen molar-refractivity contribution >= 4 is 50.2 Å². The smallest absolute Gasteiger partial charge is 0.293 e. The summed E-state index contributed by atoms with van der Waals surface area (Å²) in [4.78, 5) is 12.1. The van der Waals surface area contributed by atoms with Crippen LogP contribution in [0.3, 0.4) is 0 Å². The van der Waals surface area contributed by atoms with Crippen LogP contribution in [0.2, 0.25) is 4.34 Å². The minimum atomic E-state index is -0.364. The molecule has 0 radical (unpaired) electrons. The van der Waals surface area contributed by atoms with Crippen molar-refractivity contribution in [3.8, 4) is 0 Å². The first kappa shape index (κ1) is 14.8. The van der Waals surface area contributed by atoms with Gasteiger partial charge in [-0.05, 0) is 43.0 Å². The average molecular weight is 388 g/mol. The summed E-state index contributed by atoms with van der Waals surface area (Å²) in [6, 6.07) is 7.12. The lowest BCUT2D eigenvalue weighted by molar-refractivity contribution is -0.384. The summed E-state index contributed by atoms with van der Waals surface area (Å²) in [7, 11) is 0. The molecule has 21 heavy (non-hydrogen) atoms. The molecule has 1 aromatic heterocycles. The first-order chi connectivity index (χ1) is 10.0. The van der Waals surface area contributed by atoms with Gasteiger partial charge in [-0.1, -0.05) is 27.5 Å². The Morgan fingerprint density at radius 1 is 1.43 bits per heavy atom. The van der Waals surface area contributed by atoms with Gasteiger partial charge in [0.05, 0.1) is 15.3 Å². The minimum absolute atomic E-state index is 0.0809. The predicted molar refractivity (Wildman–Crippen MR) is 89.4 cm³/mol.